The van der Waals surface area contributed by atoms with Crippen LogP contribution in [-0.2, 0) is 6.61 Å². The van der Waals surface area contributed by atoms with Gasteiger partial charge in [0.2, 0.25) is 0 Å². The van der Waals surface area contributed by atoms with Gasteiger partial charge in [0.1, 0.15) is 6.61 Å². The van der Waals surface area contributed by atoms with Crippen molar-refractivity contribution < 1.29 is 9.53 Å². The lowest BCUT2D eigenvalue weighted by molar-refractivity contribution is 0.0955. The Bertz CT molecular complexity index is 1740. The van der Waals surface area contributed by atoms with E-state index in [-0.39, 0.29) is 22.6 Å². The van der Waals surface area contributed by atoms with Crippen molar-refractivity contribution in [1.82, 2.24) is 10.4 Å². The van der Waals surface area contributed by atoms with E-state index >= 15 is 0 Å². The minimum absolute atomic E-state index is 0.154. The van der Waals surface area contributed by atoms with Gasteiger partial charge in [-0.2, -0.15) is 5.10 Å². The summed E-state index contributed by atoms with van der Waals surface area (Å²) in [5.74, 6) is -0.0724. The first-order valence-electron chi connectivity index (χ1n) is 12.2. The molecule has 0 fully saturated rings. The lowest BCUT2D eigenvalue weighted by Gasteiger charge is -2.12. The predicted octanol–water partition coefficient (Wildman–Crippen LogP) is 10.2. The second-order valence-electron chi connectivity index (χ2n) is 8.78. The Balaban J connectivity index is 1.17. The van der Waals surface area contributed by atoms with Crippen LogP contribution in [0.1, 0.15) is 21.5 Å². The molecule has 42 heavy (non-hydrogen) atoms. The fraction of sp³-hybridized carbons (Fsp3) is 0.0333. The second-order valence-corrected chi connectivity index (χ2v) is 11.7. The van der Waals surface area contributed by atoms with E-state index in [4.69, 9.17) is 62.7 Å². The molecule has 0 bridgehead atoms. The highest BCUT2D eigenvalue weighted by molar-refractivity contribution is 7.14. The number of carbonyl (C=O) groups is 1. The molecule has 0 aliphatic rings. The standard InChI is InChI=1S/C30H19Cl5N4O2S/c31-21-7-9-23(10-8-21)37-30-38-27(16-42-30)18-1-3-19(4-2-18)29(40)39-36-14-17-11-25(34)28(26(35)12-17)41-15-20-5-6-22(32)13-24(20)33/h1-14,16H,15H2,(H,37,38)(H,39,40)/b36-14-. The highest BCUT2D eigenvalue weighted by Gasteiger charge is 2.12. The van der Waals surface area contributed by atoms with Gasteiger partial charge in [0.25, 0.3) is 5.91 Å². The Kier molecular flexibility index (Phi) is 9.90. The summed E-state index contributed by atoms with van der Waals surface area (Å²) in [6, 6.07) is 22.8. The SMILES string of the molecule is O=C(N/N=C\c1cc(Cl)c(OCc2ccc(Cl)cc2Cl)c(Cl)c1)c1ccc(-c2csc(Nc3ccc(Cl)cc3)n2)cc1. The third-order valence-corrected chi connectivity index (χ3v) is 7.99. The van der Waals surface area contributed by atoms with Crippen LogP contribution in [0, 0.1) is 0 Å². The van der Waals surface area contributed by atoms with Gasteiger partial charge in [-0.05, 0) is 66.2 Å². The number of hydrazone groups is 1. The summed E-state index contributed by atoms with van der Waals surface area (Å²) in [6.45, 7) is 0.154. The predicted molar refractivity (Wildman–Crippen MR) is 175 cm³/mol. The van der Waals surface area contributed by atoms with Gasteiger partial charge in [0.15, 0.2) is 10.9 Å². The molecule has 5 aromatic rings. The molecule has 212 valence electrons. The summed E-state index contributed by atoms with van der Waals surface area (Å²) in [4.78, 5) is 17.2. The van der Waals surface area contributed by atoms with Gasteiger partial charge in [-0.1, -0.05) is 76.2 Å². The minimum atomic E-state index is -0.377. The van der Waals surface area contributed by atoms with Crippen molar-refractivity contribution >= 4 is 92.3 Å². The fourth-order valence-corrected chi connectivity index (χ4v) is 5.67. The minimum Gasteiger partial charge on any atom is -0.486 e. The maximum absolute atomic E-state index is 12.6. The van der Waals surface area contributed by atoms with Gasteiger partial charge in [-0.15, -0.1) is 11.3 Å². The lowest BCUT2D eigenvalue weighted by atomic mass is 10.1. The van der Waals surface area contributed by atoms with E-state index in [2.05, 4.69) is 20.8 Å². The molecule has 0 unspecified atom stereocenters. The first kappa shape index (κ1) is 30.2. The molecular formula is C30H19Cl5N4O2S. The van der Waals surface area contributed by atoms with Crippen molar-refractivity contribution in [3.63, 3.8) is 0 Å². The number of nitrogens with one attached hydrogen (secondary N) is 2. The van der Waals surface area contributed by atoms with Gasteiger partial charge < -0.3 is 10.1 Å². The summed E-state index contributed by atoms with van der Waals surface area (Å²) in [7, 11) is 0. The molecule has 12 heteroatoms. The summed E-state index contributed by atoms with van der Waals surface area (Å²) < 4.78 is 5.79. The quantitative estimate of drug-likeness (QED) is 0.120. The van der Waals surface area contributed by atoms with E-state index in [1.165, 1.54) is 17.6 Å². The zero-order valence-electron chi connectivity index (χ0n) is 21.4. The Labute approximate surface area is 270 Å². The molecule has 4 aromatic carbocycles. The summed E-state index contributed by atoms with van der Waals surface area (Å²) >= 11 is 32.3. The molecule has 1 heterocycles. The number of ether oxygens (including phenoxy) is 1. The fourth-order valence-electron chi connectivity index (χ4n) is 3.72. The van der Waals surface area contributed by atoms with Crippen LogP contribution in [0.25, 0.3) is 11.3 Å². The number of hydrogen-bond acceptors (Lipinski definition) is 6. The highest BCUT2D eigenvalue weighted by atomic mass is 35.5. The monoisotopic (exact) mass is 674 g/mol. The van der Waals surface area contributed by atoms with Crippen LogP contribution in [0.3, 0.4) is 0 Å². The Morgan fingerprint density at radius 3 is 2.24 bits per heavy atom. The molecule has 6 nitrogen and oxygen atoms in total. The molecule has 2 N–H and O–H groups in total. The number of nitrogens with zero attached hydrogens (tertiary/aromatic N) is 2. The smallest absolute Gasteiger partial charge is 0.271 e. The molecule has 0 spiro atoms. The third kappa shape index (κ3) is 7.75. The van der Waals surface area contributed by atoms with Crippen molar-refractivity contribution in [3.05, 3.63) is 126 Å². The maximum Gasteiger partial charge on any atom is 0.271 e. The Hall–Kier alpha value is -3.30. The number of thiazole rings is 1. The van der Waals surface area contributed by atoms with Crippen molar-refractivity contribution in [2.45, 2.75) is 6.61 Å². The van der Waals surface area contributed by atoms with Crippen LogP contribution in [0.4, 0.5) is 10.8 Å². The molecule has 0 aliphatic heterocycles. The lowest BCUT2D eigenvalue weighted by Crippen LogP contribution is -2.17. The van der Waals surface area contributed by atoms with Gasteiger partial charge in [-0.3, -0.25) is 4.79 Å². The molecule has 0 atom stereocenters. The molecule has 0 saturated carbocycles. The average molecular weight is 677 g/mol. The van der Waals surface area contributed by atoms with Crippen molar-refractivity contribution in [1.29, 1.82) is 0 Å². The maximum atomic E-state index is 12.6. The number of benzene rings is 4. The van der Waals surface area contributed by atoms with Crippen LogP contribution in [-0.4, -0.2) is 17.1 Å². The summed E-state index contributed by atoms with van der Waals surface area (Å²) in [5, 5.41) is 12.2. The first-order chi connectivity index (χ1) is 20.2. The number of aromatic nitrogens is 1. The van der Waals surface area contributed by atoms with Crippen LogP contribution in [0.5, 0.6) is 5.75 Å². The zero-order valence-corrected chi connectivity index (χ0v) is 26.0. The van der Waals surface area contributed by atoms with Gasteiger partial charge >= 0.3 is 0 Å². The van der Waals surface area contributed by atoms with E-state index in [9.17, 15) is 4.79 Å². The Morgan fingerprint density at radius 2 is 1.55 bits per heavy atom. The summed E-state index contributed by atoms with van der Waals surface area (Å²) in [5.41, 5.74) is 6.81. The van der Waals surface area contributed by atoms with E-state index in [1.54, 1.807) is 42.5 Å². The number of rotatable bonds is 9. The van der Waals surface area contributed by atoms with Crippen molar-refractivity contribution in [3.8, 4) is 17.0 Å². The van der Waals surface area contributed by atoms with Crippen LogP contribution >= 0.6 is 69.3 Å². The number of halogens is 5. The number of anilines is 2. The largest absolute Gasteiger partial charge is 0.486 e. The van der Waals surface area contributed by atoms with Crippen molar-refractivity contribution in [2.24, 2.45) is 5.10 Å². The van der Waals surface area contributed by atoms with E-state index < -0.39 is 0 Å². The van der Waals surface area contributed by atoms with Gasteiger partial charge in [-0.25, -0.2) is 10.4 Å². The van der Waals surface area contributed by atoms with Crippen LogP contribution < -0.4 is 15.5 Å². The molecule has 0 aliphatic carbocycles. The van der Waals surface area contributed by atoms with E-state index in [0.717, 1.165) is 27.6 Å². The second kappa shape index (κ2) is 13.8. The topological polar surface area (TPSA) is 75.6 Å². The molecule has 1 amide bonds. The normalized spacial score (nSPS) is 11.1. The molecule has 0 radical (unpaired) electrons. The van der Waals surface area contributed by atoms with Gasteiger partial charge in [0.05, 0.1) is 22.0 Å². The van der Waals surface area contributed by atoms with Crippen LogP contribution in [0.15, 0.2) is 89.3 Å². The molecule has 1 aromatic heterocycles. The number of hydrogen-bond donors (Lipinski definition) is 2. The first-order valence-corrected chi connectivity index (χ1v) is 15.0. The average Bonchev–Trinajstić information content (AvgIpc) is 3.43. The highest BCUT2D eigenvalue weighted by Crippen LogP contribution is 2.35. The molecular weight excluding hydrogens is 658 g/mol. The molecule has 0 saturated heterocycles. The van der Waals surface area contributed by atoms with E-state index in [1.807, 2.05) is 41.8 Å². The number of carbonyl (C=O) groups excluding carboxylic acids is 1. The third-order valence-electron chi connectivity index (χ3n) is 5.83. The Morgan fingerprint density at radius 1 is 0.857 bits per heavy atom. The van der Waals surface area contributed by atoms with E-state index in [0.29, 0.717) is 31.9 Å². The van der Waals surface area contributed by atoms with Crippen LogP contribution in [0.2, 0.25) is 25.1 Å². The summed E-state index contributed by atoms with van der Waals surface area (Å²) in [6.07, 6.45) is 1.44. The molecule has 5 rings (SSSR count). The zero-order chi connectivity index (χ0) is 29.6. The number of amides is 1. The van der Waals surface area contributed by atoms with Crippen molar-refractivity contribution in [2.75, 3.05) is 5.32 Å². The van der Waals surface area contributed by atoms with Gasteiger partial charge in [0, 0.05) is 42.8 Å².